The van der Waals surface area contributed by atoms with Crippen LogP contribution in [0.2, 0.25) is 0 Å². The fourth-order valence-corrected chi connectivity index (χ4v) is 3.70. The van der Waals surface area contributed by atoms with Gasteiger partial charge in [-0.15, -0.1) is 0 Å². The maximum absolute atomic E-state index is 9.15. The Hall–Kier alpha value is -3.02. The Morgan fingerprint density at radius 3 is 1.52 bits per heavy atom. The molecule has 2 aromatic rings. The van der Waals surface area contributed by atoms with Gasteiger partial charge in [0.2, 0.25) is 0 Å². The van der Waals surface area contributed by atoms with Gasteiger partial charge in [0.25, 0.3) is 0 Å². The first-order valence-corrected chi connectivity index (χ1v) is 9.54. The highest BCUT2D eigenvalue weighted by Gasteiger charge is 2.48. The highest BCUT2D eigenvalue weighted by Crippen LogP contribution is 2.35. The molecule has 0 N–H and O–H groups in total. The summed E-state index contributed by atoms with van der Waals surface area (Å²) in [5.74, 6) is -0.880. The zero-order valence-corrected chi connectivity index (χ0v) is 16.5. The molecule has 0 aliphatic carbocycles. The van der Waals surface area contributed by atoms with Gasteiger partial charge in [-0.25, -0.2) is 0 Å². The number of nitrogens with zero attached hydrogens (tertiary/aromatic N) is 6. The summed E-state index contributed by atoms with van der Waals surface area (Å²) < 4.78 is 12.3. The third kappa shape index (κ3) is 5.50. The van der Waals surface area contributed by atoms with E-state index in [1.807, 2.05) is 74.5 Å². The van der Waals surface area contributed by atoms with E-state index in [0.717, 1.165) is 11.1 Å². The van der Waals surface area contributed by atoms with Gasteiger partial charge < -0.3 is 9.47 Å². The highest BCUT2D eigenvalue weighted by molar-refractivity contribution is 5.19. The van der Waals surface area contributed by atoms with Gasteiger partial charge in [0.05, 0.1) is 24.3 Å². The van der Waals surface area contributed by atoms with Gasteiger partial charge in [-0.05, 0) is 48.9 Å². The van der Waals surface area contributed by atoms with E-state index < -0.39 is 30.1 Å². The van der Waals surface area contributed by atoms with E-state index in [1.54, 1.807) is 0 Å². The predicted molar refractivity (Wildman–Crippen MR) is 110 cm³/mol. The van der Waals surface area contributed by atoms with E-state index in [2.05, 4.69) is 20.1 Å². The molecule has 0 spiro atoms. The molecule has 8 heteroatoms. The molecule has 0 aromatic heterocycles. The van der Waals surface area contributed by atoms with Crippen molar-refractivity contribution in [3.63, 3.8) is 0 Å². The minimum atomic E-state index is -0.880. The van der Waals surface area contributed by atoms with E-state index in [1.165, 1.54) is 0 Å². The third-order valence-electron chi connectivity index (χ3n) is 4.90. The number of benzene rings is 2. The van der Waals surface area contributed by atoms with Crippen LogP contribution in [0.25, 0.3) is 20.9 Å². The van der Waals surface area contributed by atoms with Crippen LogP contribution >= 0.6 is 0 Å². The summed E-state index contributed by atoms with van der Waals surface area (Å²) in [6.07, 6.45) is -0.0831. The fourth-order valence-electron chi connectivity index (χ4n) is 3.70. The van der Waals surface area contributed by atoms with Crippen LogP contribution in [0.15, 0.2) is 70.9 Å². The van der Waals surface area contributed by atoms with Crippen LogP contribution in [-0.4, -0.2) is 30.1 Å². The predicted octanol–water partition coefficient (Wildman–Crippen LogP) is 5.35. The Labute approximate surface area is 169 Å². The average Bonchev–Trinajstić information content (AvgIpc) is 3.04. The lowest BCUT2D eigenvalue weighted by atomic mass is 9.92. The maximum Gasteiger partial charge on any atom is 0.163 e. The van der Waals surface area contributed by atoms with Crippen molar-refractivity contribution in [2.24, 2.45) is 10.2 Å². The zero-order chi connectivity index (χ0) is 20.7. The number of rotatable bonds is 8. The standard InChI is InChI=1S/C21H24N6O2/c1-21(2)28-19(17(24-26-22)13-15-9-5-3-6-10-15)20(29-21)18(25-27-23)14-16-11-7-4-8-12-16/h3-12,17-20H,13-14H2,1-2H3/t17-,18-,19+,20+/m0/s1. The van der Waals surface area contributed by atoms with Crippen molar-refractivity contribution in [1.82, 2.24) is 0 Å². The molecule has 0 bridgehead atoms. The van der Waals surface area contributed by atoms with Crippen molar-refractivity contribution < 1.29 is 9.47 Å². The largest absolute Gasteiger partial charge is 0.344 e. The summed E-state index contributed by atoms with van der Waals surface area (Å²) in [6, 6.07) is 18.5. The number of hydrogen-bond acceptors (Lipinski definition) is 4. The smallest absolute Gasteiger partial charge is 0.163 e. The maximum atomic E-state index is 9.15. The first kappa shape index (κ1) is 20.7. The molecule has 0 unspecified atom stereocenters. The Kier molecular flexibility index (Phi) is 6.75. The SMILES string of the molecule is CC1(C)O[C@H]([C@H](Cc2ccccc2)N=[N+]=[N-])[C@@H]([C@H](Cc2ccccc2)N=[N+]=[N-])O1. The van der Waals surface area contributed by atoms with Crippen molar-refractivity contribution in [1.29, 1.82) is 0 Å². The number of hydrogen-bond donors (Lipinski definition) is 0. The second-order valence-electron chi connectivity index (χ2n) is 7.49. The molecule has 1 fully saturated rings. The van der Waals surface area contributed by atoms with Crippen molar-refractivity contribution in [2.75, 3.05) is 0 Å². The lowest BCUT2D eigenvalue weighted by Crippen LogP contribution is -2.42. The topological polar surface area (TPSA) is 116 Å². The minimum Gasteiger partial charge on any atom is -0.344 e. The van der Waals surface area contributed by atoms with E-state index >= 15 is 0 Å². The molecule has 1 heterocycles. The highest BCUT2D eigenvalue weighted by atomic mass is 16.8. The van der Waals surface area contributed by atoms with Gasteiger partial charge in [0.1, 0.15) is 0 Å². The normalized spacial score (nSPS) is 22.1. The Balaban J connectivity index is 1.90. The summed E-state index contributed by atoms with van der Waals surface area (Å²) in [6.45, 7) is 3.62. The second kappa shape index (κ2) is 9.45. The molecule has 2 aromatic carbocycles. The summed E-state index contributed by atoms with van der Waals surface area (Å²) in [4.78, 5) is 6.07. The molecule has 0 radical (unpaired) electrons. The Morgan fingerprint density at radius 1 is 0.793 bits per heavy atom. The van der Waals surface area contributed by atoms with E-state index in [9.17, 15) is 0 Å². The number of azide groups is 2. The molecular weight excluding hydrogens is 368 g/mol. The molecule has 1 aliphatic rings. The summed E-state index contributed by atoms with van der Waals surface area (Å²) in [7, 11) is 0. The fraction of sp³-hybridized carbons (Fsp3) is 0.429. The van der Waals surface area contributed by atoms with E-state index in [-0.39, 0.29) is 0 Å². The van der Waals surface area contributed by atoms with Crippen molar-refractivity contribution in [3.8, 4) is 0 Å². The Morgan fingerprint density at radius 2 is 1.17 bits per heavy atom. The summed E-state index contributed by atoms with van der Waals surface area (Å²) in [5, 5.41) is 8.02. The number of ether oxygens (including phenoxy) is 2. The van der Waals surface area contributed by atoms with Crippen molar-refractivity contribution in [2.45, 2.75) is 56.8 Å². The molecular formula is C21H24N6O2. The zero-order valence-electron chi connectivity index (χ0n) is 16.5. The monoisotopic (exact) mass is 392 g/mol. The molecule has 1 aliphatic heterocycles. The molecule has 3 rings (SSSR count). The lowest BCUT2D eigenvalue weighted by Gasteiger charge is -2.27. The van der Waals surface area contributed by atoms with Crippen LogP contribution in [0, 0.1) is 0 Å². The van der Waals surface area contributed by atoms with E-state index in [0.29, 0.717) is 12.8 Å². The van der Waals surface area contributed by atoms with Crippen LogP contribution in [0.1, 0.15) is 25.0 Å². The molecule has 150 valence electrons. The van der Waals surface area contributed by atoms with Crippen LogP contribution in [0.3, 0.4) is 0 Å². The molecule has 8 nitrogen and oxygen atoms in total. The molecule has 4 atom stereocenters. The quantitative estimate of drug-likeness (QED) is 0.342. The van der Waals surface area contributed by atoms with Gasteiger partial charge >= 0.3 is 0 Å². The van der Waals surface area contributed by atoms with Gasteiger partial charge in [-0.2, -0.15) is 0 Å². The summed E-state index contributed by atoms with van der Waals surface area (Å²) >= 11 is 0. The van der Waals surface area contributed by atoms with Crippen molar-refractivity contribution in [3.05, 3.63) is 92.7 Å². The summed E-state index contributed by atoms with van der Waals surface area (Å²) in [5.41, 5.74) is 20.4. The molecule has 0 amide bonds. The van der Waals surface area contributed by atoms with Crippen molar-refractivity contribution >= 4 is 0 Å². The first-order chi connectivity index (χ1) is 14.0. The molecule has 1 saturated heterocycles. The van der Waals surface area contributed by atoms with Gasteiger partial charge in [0, 0.05) is 9.82 Å². The third-order valence-corrected chi connectivity index (χ3v) is 4.90. The van der Waals surface area contributed by atoms with Crippen LogP contribution in [0.4, 0.5) is 0 Å². The van der Waals surface area contributed by atoms with Gasteiger partial charge in [-0.3, -0.25) is 0 Å². The molecule has 0 saturated carbocycles. The minimum absolute atomic E-state index is 0.499. The van der Waals surface area contributed by atoms with Crippen LogP contribution < -0.4 is 0 Å². The van der Waals surface area contributed by atoms with E-state index in [4.69, 9.17) is 20.5 Å². The van der Waals surface area contributed by atoms with Crippen LogP contribution in [-0.2, 0) is 22.3 Å². The lowest BCUT2D eigenvalue weighted by molar-refractivity contribution is -0.149. The van der Waals surface area contributed by atoms with Crippen LogP contribution in [0.5, 0.6) is 0 Å². The second-order valence-corrected chi connectivity index (χ2v) is 7.49. The molecule has 29 heavy (non-hydrogen) atoms. The van der Waals surface area contributed by atoms with Gasteiger partial charge in [-0.1, -0.05) is 70.9 Å². The average molecular weight is 392 g/mol. The van der Waals surface area contributed by atoms with Gasteiger partial charge in [0.15, 0.2) is 5.79 Å². The Bertz CT molecular complexity index is 818. The first-order valence-electron chi connectivity index (χ1n) is 9.54.